The number of carbonyl (C=O) groups is 1. The van der Waals surface area contributed by atoms with Crippen LogP contribution in [0.1, 0.15) is 13.8 Å². The van der Waals surface area contributed by atoms with Crippen molar-refractivity contribution >= 4 is 17.7 Å². The molecular formula is C10H19NO2S. The first-order chi connectivity index (χ1) is 6.66. The van der Waals surface area contributed by atoms with Gasteiger partial charge in [0.1, 0.15) is 0 Å². The van der Waals surface area contributed by atoms with Gasteiger partial charge in [-0.1, -0.05) is 6.92 Å². The quantitative estimate of drug-likeness (QED) is 0.665. The lowest BCUT2D eigenvalue weighted by atomic mass is 10.0. The molecule has 14 heavy (non-hydrogen) atoms. The number of thioether (sulfide) groups is 1. The van der Waals surface area contributed by atoms with Gasteiger partial charge in [-0.15, -0.1) is 0 Å². The zero-order valence-electron chi connectivity index (χ0n) is 9.16. The number of rotatable bonds is 3. The third-order valence-corrected chi connectivity index (χ3v) is 3.86. The van der Waals surface area contributed by atoms with E-state index in [0.717, 1.165) is 13.1 Å². The van der Waals surface area contributed by atoms with Crippen molar-refractivity contribution in [1.29, 1.82) is 0 Å². The molecule has 1 aliphatic heterocycles. The van der Waals surface area contributed by atoms with Gasteiger partial charge in [-0.2, -0.15) is 11.8 Å². The van der Waals surface area contributed by atoms with E-state index in [1.54, 1.807) is 0 Å². The second-order valence-electron chi connectivity index (χ2n) is 3.70. The molecule has 4 heteroatoms. The number of hydrogen-bond acceptors (Lipinski definition) is 4. The molecule has 1 fully saturated rings. The molecule has 0 aliphatic carbocycles. The van der Waals surface area contributed by atoms with E-state index < -0.39 is 0 Å². The monoisotopic (exact) mass is 217 g/mol. The first-order valence-corrected chi connectivity index (χ1v) is 6.22. The maximum atomic E-state index is 11.3. The molecule has 2 atom stereocenters. The summed E-state index contributed by atoms with van der Waals surface area (Å²) in [6.45, 7) is 6.23. The fraction of sp³-hybridized carbons (Fsp3) is 0.900. The standard InChI is InChI=1S/C10H19NO2S/c1-8(10(12)13-3)9(2)11-4-6-14-7-5-11/h8-9H,4-7H2,1-3H3. The number of nitrogens with zero attached hydrogens (tertiary/aromatic N) is 1. The van der Waals surface area contributed by atoms with Crippen LogP contribution >= 0.6 is 11.8 Å². The van der Waals surface area contributed by atoms with Crippen LogP contribution in [0.2, 0.25) is 0 Å². The zero-order valence-corrected chi connectivity index (χ0v) is 9.97. The highest BCUT2D eigenvalue weighted by atomic mass is 32.2. The van der Waals surface area contributed by atoms with Crippen LogP contribution in [0.3, 0.4) is 0 Å². The van der Waals surface area contributed by atoms with E-state index in [1.807, 2.05) is 18.7 Å². The van der Waals surface area contributed by atoms with E-state index in [0.29, 0.717) is 6.04 Å². The highest BCUT2D eigenvalue weighted by Crippen LogP contribution is 2.17. The number of hydrogen-bond donors (Lipinski definition) is 0. The summed E-state index contributed by atoms with van der Waals surface area (Å²) in [6, 6.07) is 0.295. The van der Waals surface area contributed by atoms with Gasteiger partial charge in [-0.05, 0) is 6.92 Å². The number of carbonyl (C=O) groups excluding carboxylic acids is 1. The molecule has 0 radical (unpaired) electrons. The summed E-state index contributed by atoms with van der Waals surface area (Å²) in [4.78, 5) is 13.7. The fourth-order valence-corrected chi connectivity index (χ4v) is 2.62. The van der Waals surface area contributed by atoms with Gasteiger partial charge in [0, 0.05) is 30.6 Å². The van der Waals surface area contributed by atoms with Crippen LogP contribution in [-0.2, 0) is 9.53 Å². The molecule has 1 heterocycles. The SMILES string of the molecule is COC(=O)C(C)C(C)N1CCSCC1. The van der Waals surface area contributed by atoms with Gasteiger partial charge >= 0.3 is 5.97 Å². The van der Waals surface area contributed by atoms with Gasteiger partial charge in [0.15, 0.2) is 0 Å². The summed E-state index contributed by atoms with van der Waals surface area (Å²) < 4.78 is 4.75. The van der Waals surface area contributed by atoms with Crippen molar-refractivity contribution in [1.82, 2.24) is 4.90 Å². The van der Waals surface area contributed by atoms with Crippen LogP contribution in [0, 0.1) is 5.92 Å². The highest BCUT2D eigenvalue weighted by molar-refractivity contribution is 7.99. The number of methoxy groups -OCH3 is 1. The summed E-state index contributed by atoms with van der Waals surface area (Å²) in [5.74, 6) is 2.23. The van der Waals surface area contributed by atoms with E-state index in [1.165, 1.54) is 18.6 Å². The van der Waals surface area contributed by atoms with Crippen molar-refractivity contribution in [3.63, 3.8) is 0 Å². The van der Waals surface area contributed by atoms with Gasteiger partial charge < -0.3 is 4.74 Å². The van der Waals surface area contributed by atoms with Gasteiger partial charge in [0.05, 0.1) is 13.0 Å². The Morgan fingerprint density at radius 1 is 1.36 bits per heavy atom. The molecule has 0 amide bonds. The summed E-state index contributed by atoms with van der Waals surface area (Å²) in [5, 5.41) is 0. The Balaban J connectivity index is 2.45. The first-order valence-electron chi connectivity index (χ1n) is 5.06. The van der Waals surface area contributed by atoms with Crippen molar-refractivity contribution in [3.8, 4) is 0 Å². The number of esters is 1. The van der Waals surface area contributed by atoms with Gasteiger partial charge in [-0.3, -0.25) is 9.69 Å². The Kier molecular flexibility index (Phi) is 4.75. The van der Waals surface area contributed by atoms with E-state index in [-0.39, 0.29) is 11.9 Å². The molecule has 0 saturated carbocycles. The highest BCUT2D eigenvalue weighted by Gasteiger charge is 2.26. The normalized spacial score (nSPS) is 22.8. The van der Waals surface area contributed by atoms with Gasteiger partial charge in [0.25, 0.3) is 0 Å². The fourth-order valence-electron chi connectivity index (χ4n) is 1.68. The second-order valence-corrected chi connectivity index (χ2v) is 4.93. The molecular weight excluding hydrogens is 198 g/mol. The van der Waals surface area contributed by atoms with Crippen molar-refractivity contribution in [3.05, 3.63) is 0 Å². The average molecular weight is 217 g/mol. The third kappa shape index (κ3) is 2.89. The van der Waals surface area contributed by atoms with Crippen LogP contribution in [0.15, 0.2) is 0 Å². The predicted octanol–water partition coefficient (Wildman–Crippen LogP) is 1.23. The smallest absolute Gasteiger partial charge is 0.309 e. The lowest BCUT2D eigenvalue weighted by molar-refractivity contribution is -0.146. The molecule has 3 nitrogen and oxygen atoms in total. The third-order valence-electron chi connectivity index (χ3n) is 2.92. The molecule has 1 aliphatic rings. The molecule has 0 aromatic rings. The maximum Gasteiger partial charge on any atom is 0.309 e. The Hall–Kier alpha value is -0.220. The molecule has 1 saturated heterocycles. The van der Waals surface area contributed by atoms with Gasteiger partial charge in [0.2, 0.25) is 0 Å². The molecule has 0 bridgehead atoms. The zero-order chi connectivity index (χ0) is 10.6. The predicted molar refractivity (Wildman–Crippen MR) is 59.5 cm³/mol. The second kappa shape index (κ2) is 5.61. The van der Waals surface area contributed by atoms with Crippen LogP contribution < -0.4 is 0 Å². The summed E-state index contributed by atoms with van der Waals surface area (Å²) in [6.07, 6.45) is 0. The topological polar surface area (TPSA) is 29.5 Å². The minimum absolute atomic E-state index is 0.0249. The lowest BCUT2D eigenvalue weighted by Gasteiger charge is -2.34. The molecule has 0 aromatic heterocycles. The lowest BCUT2D eigenvalue weighted by Crippen LogP contribution is -2.45. The summed E-state index contributed by atoms with van der Waals surface area (Å²) in [7, 11) is 1.46. The Bertz CT molecular complexity index is 193. The van der Waals surface area contributed by atoms with E-state index in [2.05, 4.69) is 11.8 Å². The minimum Gasteiger partial charge on any atom is -0.469 e. The summed E-state index contributed by atoms with van der Waals surface area (Å²) >= 11 is 1.98. The van der Waals surface area contributed by atoms with Crippen molar-refractivity contribution < 1.29 is 9.53 Å². The van der Waals surface area contributed by atoms with Crippen molar-refractivity contribution in [2.45, 2.75) is 19.9 Å². The molecule has 0 spiro atoms. The van der Waals surface area contributed by atoms with Crippen LogP contribution in [-0.4, -0.2) is 48.6 Å². The van der Waals surface area contributed by atoms with E-state index >= 15 is 0 Å². The summed E-state index contributed by atoms with van der Waals surface area (Å²) in [5.41, 5.74) is 0. The molecule has 82 valence electrons. The minimum atomic E-state index is -0.101. The molecule has 0 N–H and O–H groups in total. The Labute approximate surface area is 90.2 Å². The van der Waals surface area contributed by atoms with Crippen LogP contribution in [0.25, 0.3) is 0 Å². The van der Waals surface area contributed by atoms with E-state index in [4.69, 9.17) is 4.74 Å². The Morgan fingerprint density at radius 2 is 1.93 bits per heavy atom. The number of ether oxygens (including phenoxy) is 1. The maximum absolute atomic E-state index is 11.3. The molecule has 0 aromatic carbocycles. The van der Waals surface area contributed by atoms with Crippen LogP contribution in [0.5, 0.6) is 0 Å². The van der Waals surface area contributed by atoms with Crippen molar-refractivity contribution in [2.24, 2.45) is 5.92 Å². The Morgan fingerprint density at radius 3 is 2.43 bits per heavy atom. The average Bonchev–Trinajstić information content (AvgIpc) is 2.27. The molecule has 1 rings (SSSR count). The van der Waals surface area contributed by atoms with Gasteiger partial charge in [-0.25, -0.2) is 0 Å². The first kappa shape index (κ1) is 11.9. The van der Waals surface area contributed by atoms with Crippen LogP contribution in [0.4, 0.5) is 0 Å². The van der Waals surface area contributed by atoms with Crippen molar-refractivity contribution in [2.75, 3.05) is 31.7 Å². The van der Waals surface area contributed by atoms with E-state index in [9.17, 15) is 4.79 Å². The largest absolute Gasteiger partial charge is 0.469 e. The molecule has 2 unspecified atom stereocenters.